The molecule has 1 amide bonds. The van der Waals surface area contributed by atoms with Crippen LogP contribution in [0.2, 0.25) is 5.02 Å². The number of anilines is 1. The molecule has 184 valence electrons. The van der Waals surface area contributed by atoms with Crippen molar-refractivity contribution in [2.45, 2.75) is 33.2 Å². The van der Waals surface area contributed by atoms with Crippen LogP contribution in [0, 0.1) is 19.8 Å². The van der Waals surface area contributed by atoms with Gasteiger partial charge in [0.05, 0.1) is 12.5 Å². The van der Waals surface area contributed by atoms with Crippen molar-refractivity contribution in [1.29, 1.82) is 0 Å². The molecule has 0 bridgehead atoms. The summed E-state index contributed by atoms with van der Waals surface area (Å²) in [4.78, 5) is 24.6. The topological polar surface area (TPSA) is 65.7 Å². The van der Waals surface area contributed by atoms with Crippen LogP contribution in [0.5, 0.6) is 0 Å². The largest absolute Gasteiger partial charge is 0.368 e. The fraction of sp³-hybridized carbons (Fsp3) is 0.444. The number of aryl methyl sites for hydroxylation is 2. The van der Waals surface area contributed by atoms with Crippen LogP contribution in [0.25, 0.3) is 11.4 Å². The summed E-state index contributed by atoms with van der Waals surface area (Å²) in [5, 5.41) is 4.90. The molecule has 35 heavy (non-hydrogen) atoms. The van der Waals surface area contributed by atoms with Crippen LogP contribution < -0.4 is 4.90 Å². The van der Waals surface area contributed by atoms with Crippen molar-refractivity contribution in [1.82, 2.24) is 19.9 Å². The summed E-state index contributed by atoms with van der Waals surface area (Å²) < 4.78 is 5.52. The van der Waals surface area contributed by atoms with E-state index in [1.807, 2.05) is 41.3 Å². The van der Waals surface area contributed by atoms with Crippen molar-refractivity contribution in [3.63, 3.8) is 0 Å². The van der Waals surface area contributed by atoms with Gasteiger partial charge in [-0.1, -0.05) is 52.7 Å². The summed E-state index contributed by atoms with van der Waals surface area (Å²) in [6.07, 6.45) is 1.93. The Morgan fingerprint density at radius 3 is 2.60 bits per heavy atom. The van der Waals surface area contributed by atoms with Gasteiger partial charge in [0.1, 0.15) is 0 Å². The minimum atomic E-state index is 0.0164. The van der Waals surface area contributed by atoms with Gasteiger partial charge in [0.15, 0.2) is 0 Å². The summed E-state index contributed by atoms with van der Waals surface area (Å²) in [5.41, 5.74) is 4.52. The van der Waals surface area contributed by atoms with Crippen LogP contribution in [0.4, 0.5) is 5.69 Å². The summed E-state index contributed by atoms with van der Waals surface area (Å²) in [5.74, 6) is 1.49. The Morgan fingerprint density at radius 1 is 1.06 bits per heavy atom. The van der Waals surface area contributed by atoms with Crippen molar-refractivity contribution in [3.05, 3.63) is 64.5 Å². The van der Waals surface area contributed by atoms with Gasteiger partial charge in [0.2, 0.25) is 17.6 Å². The summed E-state index contributed by atoms with van der Waals surface area (Å²) in [7, 11) is 0. The lowest BCUT2D eigenvalue weighted by Crippen LogP contribution is -2.52. The zero-order chi connectivity index (χ0) is 24.4. The molecular formula is C27H32ClN5O2. The highest BCUT2D eigenvalue weighted by atomic mass is 35.5. The number of carbonyl (C=O) groups excluding carboxylic acids is 1. The average molecular weight is 494 g/mol. The summed E-state index contributed by atoms with van der Waals surface area (Å²) in [6.45, 7) is 9.54. The second kappa shape index (κ2) is 10.4. The van der Waals surface area contributed by atoms with Crippen molar-refractivity contribution in [2.75, 3.05) is 44.2 Å². The zero-order valence-corrected chi connectivity index (χ0v) is 21.2. The predicted molar refractivity (Wildman–Crippen MR) is 137 cm³/mol. The third kappa shape index (κ3) is 5.52. The Kier molecular flexibility index (Phi) is 7.07. The van der Waals surface area contributed by atoms with Gasteiger partial charge in [0.25, 0.3) is 0 Å². The van der Waals surface area contributed by atoms with Crippen LogP contribution in [-0.4, -0.2) is 65.1 Å². The van der Waals surface area contributed by atoms with Gasteiger partial charge in [-0.05, 0) is 50.9 Å². The van der Waals surface area contributed by atoms with Crippen molar-refractivity contribution in [2.24, 2.45) is 5.92 Å². The molecule has 8 heteroatoms. The molecule has 3 aromatic rings. The van der Waals surface area contributed by atoms with Gasteiger partial charge >= 0.3 is 0 Å². The van der Waals surface area contributed by atoms with Crippen molar-refractivity contribution in [3.8, 4) is 11.4 Å². The molecule has 5 rings (SSSR count). The molecule has 0 N–H and O–H groups in total. The van der Waals surface area contributed by atoms with E-state index in [0.29, 0.717) is 18.3 Å². The first kappa shape index (κ1) is 23.8. The number of halogens is 1. The average Bonchev–Trinajstić information content (AvgIpc) is 3.34. The monoisotopic (exact) mass is 493 g/mol. The number of benzene rings is 2. The number of aromatic nitrogens is 2. The van der Waals surface area contributed by atoms with Gasteiger partial charge in [-0.2, -0.15) is 4.98 Å². The Bertz CT molecular complexity index is 1170. The van der Waals surface area contributed by atoms with Crippen molar-refractivity contribution >= 4 is 23.2 Å². The lowest BCUT2D eigenvalue weighted by molar-refractivity contribution is -0.137. The van der Waals surface area contributed by atoms with Crippen LogP contribution in [0.1, 0.15) is 29.9 Å². The SMILES string of the molecule is Cc1ccc(-c2noc(CN3CCCC(C(=O)N4CCN(c5cc(Cl)ccc5C)CC4)C3)n2)cc1. The van der Waals surface area contributed by atoms with Gasteiger partial charge in [0, 0.05) is 49.0 Å². The van der Waals surface area contributed by atoms with Gasteiger partial charge in [-0.25, -0.2) is 0 Å². The fourth-order valence-electron chi connectivity index (χ4n) is 5.08. The molecule has 2 aliphatic rings. The highest BCUT2D eigenvalue weighted by Gasteiger charge is 2.32. The number of likely N-dealkylation sites (tertiary alicyclic amines) is 1. The maximum Gasteiger partial charge on any atom is 0.241 e. The van der Waals surface area contributed by atoms with E-state index in [2.05, 4.69) is 39.9 Å². The number of rotatable bonds is 5. The second-order valence-corrected chi connectivity index (χ2v) is 10.1. The fourth-order valence-corrected chi connectivity index (χ4v) is 5.25. The molecule has 1 aromatic heterocycles. The number of hydrogen-bond donors (Lipinski definition) is 0. The minimum Gasteiger partial charge on any atom is -0.368 e. The molecule has 2 aromatic carbocycles. The molecule has 0 saturated carbocycles. The molecule has 0 spiro atoms. The van der Waals surface area contributed by atoms with Gasteiger partial charge in [-0.3, -0.25) is 9.69 Å². The Hall–Kier alpha value is -2.90. The smallest absolute Gasteiger partial charge is 0.241 e. The standard InChI is InChI=1S/C27H32ClN5O2/c1-19-5-8-21(9-6-19)26-29-25(35-30-26)18-31-11-3-4-22(17-31)27(34)33-14-12-32(13-15-33)24-16-23(28)10-7-20(24)2/h5-10,16,22H,3-4,11-15,17-18H2,1-2H3. The minimum absolute atomic E-state index is 0.0164. The van der Waals surface area contributed by atoms with E-state index in [1.54, 1.807) is 0 Å². The van der Waals surface area contributed by atoms with Crippen LogP contribution in [0.3, 0.4) is 0 Å². The Morgan fingerprint density at radius 2 is 1.83 bits per heavy atom. The molecule has 3 heterocycles. The third-order valence-electron chi connectivity index (χ3n) is 7.09. The predicted octanol–water partition coefficient (Wildman–Crippen LogP) is 4.57. The Balaban J connectivity index is 1.16. The maximum atomic E-state index is 13.3. The highest BCUT2D eigenvalue weighted by molar-refractivity contribution is 6.30. The summed E-state index contributed by atoms with van der Waals surface area (Å²) >= 11 is 6.22. The maximum absolute atomic E-state index is 13.3. The number of amides is 1. The molecule has 2 saturated heterocycles. The number of piperazine rings is 1. The molecule has 2 fully saturated rings. The number of nitrogens with zero attached hydrogens (tertiary/aromatic N) is 5. The van der Waals surface area contributed by atoms with E-state index in [9.17, 15) is 4.79 Å². The molecule has 7 nitrogen and oxygen atoms in total. The van der Waals surface area contributed by atoms with Crippen LogP contribution in [-0.2, 0) is 11.3 Å². The van der Waals surface area contributed by atoms with E-state index in [-0.39, 0.29) is 11.8 Å². The normalized spacial score (nSPS) is 19.2. The van der Waals surface area contributed by atoms with Crippen LogP contribution in [0.15, 0.2) is 47.0 Å². The van der Waals surface area contributed by atoms with Gasteiger partial charge in [-0.15, -0.1) is 0 Å². The van der Waals surface area contributed by atoms with Crippen molar-refractivity contribution < 1.29 is 9.32 Å². The van der Waals surface area contributed by atoms with Crippen LogP contribution >= 0.6 is 11.6 Å². The first-order chi connectivity index (χ1) is 17.0. The van der Waals surface area contributed by atoms with E-state index in [1.165, 1.54) is 11.1 Å². The lowest BCUT2D eigenvalue weighted by Gasteiger charge is -2.40. The molecular weight excluding hydrogens is 462 g/mol. The van der Waals surface area contributed by atoms with E-state index >= 15 is 0 Å². The summed E-state index contributed by atoms with van der Waals surface area (Å²) in [6, 6.07) is 14.1. The Labute approximate surface area is 211 Å². The lowest BCUT2D eigenvalue weighted by atomic mass is 9.96. The molecule has 0 radical (unpaired) electrons. The molecule has 1 unspecified atom stereocenters. The first-order valence-electron chi connectivity index (χ1n) is 12.4. The molecule has 1 atom stereocenters. The highest BCUT2D eigenvalue weighted by Crippen LogP contribution is 2.27. The number of piperidine rings is 1. The molecule has 0 aliphatic carbocycles. The first-order valence-corrected chi connectivity index (χ1v) is 12.8. The number of carbonyl (C=O) groups is 1. The quantitative estimate of drug-likeness (QED) is 0.519. The second-order valence-electron chi connectivity index (χ2n) is 9.70. The van der Waals surface area contributed by atoms with Gasteiger partial charge < -0.3 is 14.3 Å². The zero-order valence-electron chi connectivity index (χ0n) is 20.4. The number of hydrogen-bond acceptors (Lipinski definition) is 6. The molecule has 2 aliphatic heterocycles. The van der Waals surface area contributed by atoms with E-state index in [0.717, 1.165) is 68.4 Å². The third-order valence-corrected chi connectivity index (χ3v) is 7.33. The van der Waals surface area contributed by atoms with E-state index < -0.39 is 0 Å². The van der Waals surface area contributed by atoms with E-state index in [4.69, 9.17) is 16.1 Å².